The van der Waals surface area contributed by atoms with Crippen molar-refractivity contribution in [3.05, 3.63) is 0 Å². The summed E-state index contributed by atoms with van der Waals surface area (Å²) in [6.45, 7) is 11.5. The molecule has 0 bridgehead atoms. The van der Waals surface area contributed by atoms with E-state index in [4.69, 9.17) is 23.7 Å². The lowest BCUT2D eigenvalue weighted by molar-refractivity contribution is -0.371. The second-order valence-corrected chi connectivity index (χ2v) is 18.9. The third kappa shape index (κ3) is 5.81. The molecule has 4 saturated carbocycles. The van der Waals surface area contributed by atoms with Crippen molar-refractivity contribution in [3.63, 3.8) is 0 Å². The lowest BCUT2D eigenvalue weighted by atomic mass is 9.44. The van der Waals surface area contributed by atoms with Crippen molar-refractivity contribution in [2.24, 2.45) is 52.3 Å². The molecule has 4 heterocycles. The normalized spacial score (nSPS) is 60.5. The smallest absolute Gasteiger partial charge is 0.187 e. The summed E-state index contributed by atoms with van der Waals surface area (Å²) in [4.78, 5) is 0. The SMILES string of the molecule is C[C@@H]1CC[C@]2(NC1)O[C@@H]1[C@H](O)[C@@H]3[C@H]4CC[C@H]5C[C@@H](O[C@@H]6O[C@@H](CO)[C@H](O)[C@H](O)[C@H]6O[C@@H]6O[C@@H](C)[C@H](O)[C@@H](O)[C@@H]6O)CC[C@]5(C)[C@@H]4CC[C@]3(C)[C@@H]1[C@H]2C. The maximum Gasteiger partial charge on any atom is 0.187 e. The van der Waals surface area contributed by atoms with Gasteiger partial charge in [-0.2, -0.15) is 0 Å². The van der Waals surface area contributed by atoms with Crippen LogP contribution < -0.4 is 5.32 Å². The van der Waals surface area contributed by atoms with E-state index in [2.05, 4.69) is 33.0 Å². The number of hydrogen-bond donors (Lipinski definition) is 8. The summed E-state index contributed by atoms with van der Waals surface area (Å²) in [5, 5.41) is 78.9. The number of nitrogens with one attached hydrogen (secondary N) is 1. The Morgan fingerprint density at radius 1 is 0.712 bits per heavy atom. The van der Waals surface area contributed by atoms with Crippen LogP contribution in [0.3, 0.4) is 0 Å². The first-order valence-corrected chi connectivity index (χ1v) is 20.4. The van der Waals surface area contributed by atoms with E-state index in [0.717, 1.165) is 64.3 Å². The summed E-state index contributed by atoms with van der Waals surface area (Å²) in [6.07, 6.45) is -5.28. The minimum Gasteiger partial charge on any atom is -0.394 e. The van der Waals surface area contributed by atoms with E-state index in [0.29, 0.717) is 35.5 Å². The maximum absolute atomic E-state index is 12.2. The van der Waals surface area contributed by atoms with E-state index in [9.17, 15) is 35.7 Å². The number of fused-ring (bicyclic) bond motifs is 7. The van der Waals surface area contributed by atoms with Crippen molar-refractivity contribution in [1.82, 2.24) is 5.32 Å². The van der Waals surface area contributed by atoms with Gasteiger partial charge in [-0.15, -0.1) is 0 Å². The average Bonchev–Trinajstić information content (AvgIpc) is 3.53. The molecular weight excluding hydrogens is 674 g/mol. The van der Waals surface area contributed by atoms with Crippen LogP contribution in [0.1, 0.15) is 92.4 Å². The van der Waals surface area contributed by atoms with Gasteiger partial charge in [0.05, 0.1) is 31.0 Å². The molecule has 0 unspecified atom stereocenters. The number of aliphatic hydroxyl groups is 7. The van der Waals surface area contributed by atoms with E-state index in [1.807, 2.05) is 0 Å². The van der Waals surface area contributed by atoms with E-state index in [-0.39, 0.29) is 34.7 Å². The van der Waals surface area contributed by atoms with Crippen molar-refractivity contribution < 1.29 is 59.4 Å². The number of rotatable bonds is 5. The Morgan fingerprint density at radius 2 is 1.46 bits per heavy atom. The Kier molecular flexibility index (Phi) is 10.2. The van der Waals surface area contributed by atoms with E-state index < -0.39 is 74.1 Å². The zero-order valence-corrected chi connectivity index (χ0v) is 31.5. The van der Waals surface area contributed by atoms with Crippen molar-refractivity contribution in [2.75, 3.05) is 13.2 Å². The third-order valence-corrected chi connectivity index (χ3v) is 16.4. The highest BCUT2D eigenvalue weighted by Crippen LogP contribution is 2.71. The summed E-state index contributed by atoms with van der Waals surface area (Å²) >= 11 is 0. The Balaban J connectivity index is 0.956. The topological polar surface area (TPSA) is 200 Å². The number of piperidine rings is 1. The molecule has 0 radical (unpaired) electrons. The Morgan fingerprint density at radius 3 is 2.17 bits per heavy atom. The Hall–Kier alpha value is -0.520. The van der Waals surface area contributed by atoms with Crippen LogP contribution in [-0.4, -0.2) is 134 Å². The van der Waals surface area contributed by atoms with Gasteiger partial charge in [-0.3, -0.25) is 5.32 Å². The zero-order chi connectivity index (χ0) is 37.1. The van der Waals surface area contributed by atoms with Crippen molar-refractivity contribution in [3.8, 4) is 0 Å². The monoisotopic (exact) mass is 739 g/mol. The Bertz CT molecular complexity index is 1290. The van der Waals surface area contributed by atoms with E-state index in [1.165, 1.54) is 6.92 Å². The number of aliphatic hydroxyl groups excluding tert-OH is 7. The van der Waals surface area contributed by atoms with Crippen LogP contribution in [0.2, 0.25) is 0 Å². The molecule has 8 N–H and O–H groups in total. The van der Waals surface area contributed by atoms with Crippen LogP contribution in [-0.2, 0) is 23.7 Å². The second kappa shape index (κ2) is 13.8. The molecule has 52 heavy (non-hydrogen) atoms. The van der Waals surface area contributed by atoms with Crippen molar-refractivity contribution in [1.29, 1.82) is 0 Å². The van der Waals surface area contributed by atoms with Gasteiger partial charge in [-0.1, -0.05) is 27.7 Å². The average molecular weight is 740 g/mol. The standard InChI is InChI=1S/C39H65NO12/c1-17-8-13-39(40-15-17)18(2)25-33(52-39)29(44)26-22-7-6-20-14-21(9-11-37(20,4)23(22)10-12-38(25,26)5)49-36-34(31(46)28(43)24(16-41)50-36)51-35-32(47)30(45)27(42)19(3)48-35/h17-36,40-47H,6-16H2,1-5H3/t17-,18-,19+,20+,21+,22+,23-,24+,25-,26+,27+,28+,29-,30-,31+,32+,33+,34-,35+,36-,37+,38-,39+/m1/s1. The molecule has 0 amide bonds. The van der Waals surface area contributed by atoms with E-state index >= 15 is 0 Å². The summed E-state index contributed by atoms with van der Waals surface area (Å²) < 4.78 is 31.1. The molecule has 0 aromatic carbocycles. The molecule has 8 aliphatic rings. The summed E-state index contributed by atoms with van der Waals surface area (Å²) in [5.41, 5.74) is -0.208. The highest BCUT2D eigenvalue weighted by atomic mass is 16.8. The molecule has 0 aromatic heterocycles. The van der Waals surface area contributed by atoms with Gasteiger partial charge in [0.1, 0.15) is 48.5 Å². The minimum atomic E-state index is -1.61. The van der Waals surface area contributed by atoms with Gasteiger partial charge < -0.3 is 59.4 Å². The van der Waals surface area contributed by atoms with Crippen LogP contribution in [0.5, 0.6) is 0 Å². The first kappa shape index (κ1) is 38.4. The van der Waals surface area contributed by atoms with Gasteiger partial charge >= 0.3 is 0 Å². The first-order chi connectivity index (χ1) is 24.6. The molecule has 8 fully saturated rings. The van der Waals surface area contributed by atoms with Crippen LogP contribution in [0.25, 0.3) is 0 Å². The summed E-state index contributed by atoms with van der Waals surface area (Å²) in [6, 6.07) is 0. The van der Waals surface area contributed by atoms with Gasteiger partial charge in [0.25, 0.3) is 0 Å². The van der Waals surface area contributed by atoms with Gasteiger partial charge in [0.15, 0.2) is 12.6 Å². The lowest BCUT2D eigenvalue weighted by Gasteiger charge is -2.61. The highest BCUT2D eigenvalue weighted by molar-refractivity contribution is 5.19. The maximum atomic E-state index is 12.2. The van der Waals surface area contributed by atoms with Crippen LogP contribution in [0.4, 0.5) is 0 Å². The molecule has 0 aromatic rings. The van der Waals surface area contributed by atoms with Gasteiger partial charge in [-0.25, -0.2) is 0 Å². The summed E-state index contributed by atoms with van der Waals surface area (Å²) in [5.74, 6) is 2.85. The molecule has 4 aliphatic heterocycles. The van der Waals surface area contributed by atoms with Gasteiger partial charge in [-0.05, 0) is 105 Å². The fourth-order valence-electron chi connectivity index (χ4n) is 13.4. The molecule has 298 valence electrons. The van der Waals surface area contributed by atoms with Crippen molar-refractivity contribution in [2.45, 2.75) is 178 Å². The van der Waals surface area contributed by atoms with Gasteiger partial charge in [0, 0.05) is 18.4 Å². The number of ether oxygens (including phenoxy) is 5. The fraction of sp³-hybridized carbons (Fsp3) is 1.00. The van der Waals surface area contributed by atoms with Crippen LogP contribution >= 0.6 is 0 Å². The second-order valence-electron chi connectivity index (χ2n) is 18.9. The molecule has 13 heteroatoms. The van der Waals surface area contributed by atoms with Crippen molar-refractivity contribution >= 4 is 0 Å². The molecule has 23 atom stereocenters. The summed E-state index contributed by atoms with van der Waals surface area (Å²) in [7, 11) is 0. The largest absolute Gasteiger partial charge is 0.394 e. The van der Waals surface area contributed by atoms with Crippen LogP contribution in [0.15, 0.2) is 0 Å². The lowest BCUT2D eigenvalue weighted by Crippen LogP contribution is -2.64. The molecule has 4 saturated heterocycles. The predicted octanol–water partition coefficient (Wildman–Crippen LogP) is 1.01. The predicted molar refractivity (Wildman–Crippen MR) is 185 cm³/mol. The van der Waals surface area contributed by atoms with Crippen LogP contribution in [0, 0.1) is 52.3 Å². The first-order valence-electron chi connectivity index (χ1n) is 20.4. The molecule has 1 spiro atoms. The molecule has 4 aliphatic carbocycles. The zero-order valence-electron chi connectivity index (χ0n) is 31.5. The van der Waals surface area contributed by atoms with Gasteiger partial charge in [0.2, 0.25) is 0 Å². The third-order valence-electron chi connectivity index (χ3n) is 16.4. The quantitative estimate of drug-likeness (QED) is 0.186. The number of hydrogen-bond acceptors (Lipinski definition) is 13. The fourth-order valence-corrected chi connectivity index (χ4v) is 13.4. The van der Waals surface area contributed by atoms with E-state index in [1.54, 1.807) is 0 Å². The molecule has 13 nitrogen and oxygen atoms in total. The molecular formula is C39H65NO12. The Labute approximate surface area is 307 Å². The minimum absolute atomic E-state index is 0.0337. The molecule has 8 rings (SSSR count). The highest BCUT2D eigenvalue weighted by Gasteiger charge is 2.72.